The maximum absolute atomic E-state index is 10.8. The minimum Gasteiger partial charge on any atom is -0.423 e. The average molecular weight is 626 g/mol. The van der Waals surface area contributed by atoms with Crippen molar-refractivity contribution in [2.75, 3.05) is 37.8 Å². The second-order valence-electron chi connectivity index (χ2n) is 9.89. The first-order chi connectivity index (χ1) is 20.9. The molecule has 0 aromatic heterocycles. The van der Waals surface area contributed by atoms with Gasteiger partial charge in [0.2, 0.25) is 6.54 Å². The van der Waals surface area contributed by atoms with Gasteiger partial charge in [-0.15, -0.1) is 23.5 Å². The third kappa shape index (κ3) is 9.30. The van der Waals surface area contributed by atoms with Crippen molar-refractivity contribution in [2.24, 2.45) is 5.73 Å². The lowest BCUT2D eigenvalue weighted by Crippen LogP contribution is -2.30. The first-order valence-corrected chi connectivity index (χ1v) is 16.1. The van der Waals surface area contributed by atoms with E-state index >= 15 is 0 Å². The fourth-order valence-electron chi connectivity index (χ4n) is 4.87. The van der Waals surface area contributed by atoms with E-state index in [0.717, 1.165) is 50.7 Å². The predicted molar refractivity (Wildman–Crippen MR) is 171 cm³/mol. The Labute approximate surface area is 260 Å². The van der Waals surface area contributed by atoms with Gasteiger partial charge in [0.1, 0.15) is 6.10 Å². The van der Waals surface area contributed by atoms with Gasteiger partial charge in [-0.2, -0.15) is 0 Å². The number of benzene rings is 3. The third-order valence-electron chi connectivity index (χ3n) is 6.86. The fourth-order valence-corrected chi connectivity index (χ4v) is 6.94. The number of ether oxygens (including phenoxy) is 1. The summed E-state index contributed by atoms with van der Waals surface area (Å²) in [6.07, 6.45) is 0.713. The molecule has 2 atom stereocenters. The molecule has 5 rings (SSSR count). The number of aliphatic hydroxyl groups excluding tert-OH is 1. The monoisotopic (exact) mass is 626 g/mol. The van der Waals surface area contributed by atoms with Crippen molar-refractivity contribution in [3.05, 3.63) is 93.5 Å². The molecular formula is C29H36B2N2O8S2. The summed E-state index contributed by atoms with van der Waals surface area (Å²) in [7, 11) is -1.98. The van der Waals surface area contributed by atoms with E-state index in [2.05, 4.69) is 0 Å². The second kappa shape index (κ2) is 17.2. The summed E-state index contributed by atoms with van der Waals surface area (Å²) in [6, 6.07) is 21.4. The Balaban J connectivity index is 0.000000215. The molecule has 5 N–H and O–H groups in total. The number of nitrogens with zero attached hydrogens (tertiary/aromatic N) is 1. The maximum Gasteiger partial charge on any atom is 0.493 e. The van der Waals surface area contributed by atoms with Gasteiger partial charge in [-0.25, -0.2) is 0 Å². The van der Waals surface area contributed by atoms with Crippen molar-refractivity contribution in [1.82, 2.24) is 0 Å². The van der Waals surface area contributed by atoms with Crippen LogP contribution in [0.1, 0.15) is 41.7 Å². The van der Waals surface area contributed by atoms with Crippen LogP contribution in [0.25, 0.3) is 0 Å². The summed E-state index contributed by atoms with van der Waals surface area (Å²) in [4.78, 5) is 12.3. The molecule has 0 fully saturated rings. The van der Waals surface area contributed by atoms with Crippen LogP contribution in [-0.4, -0.2) is 72.1 Å². The molecule has 10 nitrogen and oxygen atoms in total. The van der Waals surface area contributed by atoms with Crippen LogP contribution in [0.3, 0.4) is 0 Å². The SMILES string of the molecule is NCC1OB(O)c2c(SCCCO)cccc21.O=[N+]([O-])CC1OB(O)c2c(SCCCOCc3ccccc3)cccc21. The van der Waals surface area contributed by atoms with Crippen LogP contribution < -0.4 is 16.7 Å². The lowest BCUT2D eigenvalue weighted by molar-refractivity contribution is -0.490. The number of thioether (sulfide) groups is 2. The van der Waals surface area contributed by atoms with Gasteiger partial charge in [0, 0.05) is 56.9 Å². The summed E-state index contributed by atoms with van der Waals surface area (Å²) < 4.78 is 16.4. The van der Waals surface area contributed by atoms with Crippen LogP contribution in [-0.2, 0) is 20.7 Å². The minimum atomic E-state index is -1.10. The van der Waals surface area contributed by atoms with E-state index in [4.69, 9.17) is 24.9 Å². The lowest BCUT2D eigenvalue weighted by Gasteiger charge is -2.09. The predicted octanol–water partition coefficient (Wildman–Crippen LogP) is 2.30. The topological polar surface area (TPSA) is 158 Å². The van der Waals surface area contributed by atoms with Crippen LogP contribution >= 0.6 is 23.5 Å². The number of rotatable bonds is 14. The third-order valence-corrected chi connectivity index (χ3v) is 9.18. The summed E-state index contributed by atoms with van der Waals surface area (Å²) >= 11 is 3.23. The van der Waals surface area contributed by atoms with Crippen LogP contribution in [0, 0.1) is 10.1 Å². The molecule has 0 bridgehead atoms. The van der Waals surface area contributed by atoms with Crippen molar-refractivity contribution in [2.45, 2.75) is 41.4 Å². The Morgan fingerprint density at radius 2 is 1.44 bits per heavy atom. The van der Waals surface area contributed by atoms with Gasteiger partial charge in [0.05, 0.1) is 12.7 Å². The molecule has 0 saturated carbocycles. The first-order valence-electron chi connectivity index (χ1n) is 14.2. The molecule has 2 heterocycles. The van der Waals surface area contributed by atoms with Gasteiger partial charge in [-0.05, 0) is 41.7 Å². The van der Waals surface area contributed by atoms with Crippen molar-refractivity contribution >= 4 is 48.7 Å². The summed E-state index contributed by atoms with van der Waals surface area (Å²) in [6.45, 7) is 1.47. The van der Waals surface area contributed by atoms with E-state index in [1.807, 2.05) is 60.7 Å². The van der Waals surface area contributed by atoms with Gasteiger partial charge in [-0.1, -0.05) is 54.6 Å². The Morgan fingerprint density at radius 1 is 0.860 bits per heavy atom. The van der Waals surface area contributed by atoms with Crippen molar-refractivity contribution in [3.63, 3.8) is 0 Å². The van der Waals surface area contributed by atoms with E-state index in [1.54, 1.807) is 29.6 Å². The molecule has 0 saturated heterocycles. The Kier molecular flexibility index (Phi) is 13.4. The molecule has 3 aromatic carbocycles. The molecule has 2 aliphatic heterocycles. The molecule has 0 spiro atoms. The van der Waals surface area contributed by atoms with E-state index in [0.29, 0.717) is 30.8 Å². The van der Waals surface area contributed by atoms with Crippen LogP contribution in [0.15, 0.2) is 76.5 Å². The first kappa shape index (κ1) is 33.5. The number of hydrogen-bond donors (Lipinski definition) is 4. The highest BCUT2D eigenvalue weighted by molar-refractivity contribution is 7.99. The van der Waals surface area contributed by atoms with E-state index < -0.39 is 25.3 Å². The smallest absolute Gasteiger partial charge is 0.423 e. The quantitative estimate of drug-likeness (QED) is 0.0685. The molecule has 3 aromatic rings. The zero-order valence-corrected chi connectivity index (χ0v) is 25.4. The molecular weight excluding hydrogens is 590 g/mol. The molecule has 2 unspecified atom stereocenters. The zero-order valence-electron chi connectivity index (χ0n) is 23.7. The van der Waals surface area contributed by atoms with Gasteiger partial charge < -0.3 is 34.9 Å². The van der Waals surface area contributed by atoms with Crippen LogP contribution in [0.2, 0.25) is 0 Å². The number of hydrogen-bond acceptors (Lipinski definition) is 11. The number of nitrogens with two attached hydrogens (primary N) is 1. The van der Waals surface area contributed by atoms with Gasteiger partial charge in [0.15, 0.2) is 0 Å². The summed E-state index contributed by atoms with van der Waals surface area (Å²) in [5, 5.41) is 39.5. The van der Waals surface area contributed by atoms with Crippen molar-refractivity contribution in [1.29, 1.82) is 0 Å². The van der Waals surface area contributed by atoms with Crippen LogP contribution in [0.4, 0.5) is 0 Å². The number of aliphatic hydroxyl groups is 1. The standard InChI is InChI=1S/C18H20BNO5S.C11H16BNO3S/c21-19-18-15(16(25-19)12-20(22)23)8-4-9-17(18)26-11-5-10-24-13-14-6-2-1-3-7-14;13-7-9-8-3-1-4-10(17-6-2-5-14)11(8)12(15)16-9/h1-4,6-9,16,21H,5,10-13H2;1,3-4,9,14-15H,2,5-7,13H2. The molecule has 0 aliphatic carbocycles. The highest BCUT2D eigenvalue weighted by Crippen LogP contribution is 2.30. The normalized spacial score (nSPS) is 16.9. The molecule has 0 radical (unpaired) electrons. The van der Waals surface area contributed by atoms with Crippen LogP contribution in [0.5, 0.6) is 0 Å². The summed E-state index contributed by atoms with van der Waals surface area (Å²) in [5.74, 6) is 1.66. The molecule has 2 aliphatic rings. The second-order valence-corrected chi connectivity index (χ2v) is 12.2. The van der Waals surface area contributed by atoms with E-state index in [9.17, 15) is 20.2 Å². The largest absolute Gasteiger partial charge is 0.493 e. The number of fused-ring (bicyclic) bond motifs is 2. The van der Waals surface area contributed by atoms with Crippen molar-refractivity contribution < 1.29 is 34.1 Å². The highest BCUT2D eigenvalue weighted by atomic mass is 32.2. The Bertz CT molecular complexity index is 1330. The van der Waals surface area contributed by atoms with Gasteiger partial charge >= 0.3 is 14.2 Å². The number of nitro groups is 1. The van der Waals surface area contributed by atoms with E-state index in [1.165, 1.54) is 0 Å². The average Bonchev–Trinajstić information content (AvgIpc) is 3.51. The maximum atomic E-state index is 10.8. The Hall–Kier alpha value is -2.39. The lowest BCUT2D eigenvalue weighted by atomic mass is 9.79. The summed E-state index contributed by atoms with van der Waals surface area (Å²) in [5.41, 5.74) is 9.95. The highest BCUT2D eigenvalue weighted by Gasteiger charge is 2.39. The van der Waals surface area contributed by atoms with Gasteiger partial charge in [-0.3, -0.25) is 10.1 Å². The van der Waals surface area contributed by atoms with Gasteiger partial charge in [0.25, 0.3) is 0 Å². The molecule has 0 amide bonds. The minimum absolute atomic E-state index is 0.187. The molecule has 14 heteroatoms. The molecule has 43 heavy (non-hydrogen) atoms. The van der Waals surface area contributed by atoms with E-state index in [-0.39, 0.29) is 19.3 Å². The van der Waals surface area contributed by atoms with Crippen molar-refractivity contribution in [3.8, 4) is 0 Å². The zero-order chi connectivity index (χ0) is 30.6. The Morgan fingerprint density at radius 3 is 2.02 bits per heavy atom. The fraction of sp³-hybridized carbons (Fsp3) is 0.379. The molecule has 228 valence electrons.